The zero-order chi connectivity index (χ0) is 19.6. The highest BCUT2D eigenvalue weighted by Gasteiger charge is 2.43. The summed E-state index contributed by atoms with van der Waals surface area (Å²) in [6.07, 6.45) is 0.00828. The molecule has 0 fully saturated rings. The van der Waals surface area contributed by atoms with Gasteiger partial charge in [0.15, 0.2) is 5.78 Å². The van der Waals surface area contributed by atoms with Gasteiger partial charge < -0.3 is 19.7 Å². The molecule has 0 aromatic rings. The Morgan fingerprint density at radius 2 is 2.08 bits per heavy atom. The molecule has 0 spiro atoms. The Balaban J connectivity index is 2.58. The third kappa shape index (κ3) is 4.11. The van der Waals surface area contributed by atoms with E-state index in [0.29, 0.717) is 6.42 Å². The summed E-state index contributed by atoms with van der Waals surface area (Å²) in [5.74, 6) is -1.83. The van der Waals surface area contributed by atoms with Gasteiger partial charge >= 0.3 is 11.9 Å². The molecule has 0 aromatic heterocycles. The number of ether oxygens (including phenoxy) is 2. The van der Waals surface area contributed by atoms with Crippen LogP contribution in [0.5, 0.6) is 0 Å². The molecule has 142 valence electrons. The molecule has 0 saturated heterocycles. The summed E-state index contributed by atoms with van der Waals surface area (Å²) in [5.41, 5.74) is -0.617. The lowest BCUT2D eigenvalue weighted by Crippen LogP contribution is -2.42. The van der Waals surface area contributed by atoms with Crippen LogP contribution < -0.4 is 0 Å². The van der Waals surface area contributed by atoms with Gasteiger partial charge in [0.25, 0.3) is 0 Å². The Kier molecular flexibility index (Phi) is 5.83. The van der Waals surface area contributed by atoms with E-state index in [-0.39, 0.29) is 29.6 Å². The van der Waals surface area contributed by atoms with Crippen molar-refractivity contribution < 1.29 is 34.1 Å². The summed E-state index contributed by atoms with van der Waals surface area (Å²) < 4.78 is 10.7. The fourth-order valence-corrected chi connectivity index (χ4v) is 3.04. The lowest BCUT2D eigenvalue weighted by atomic mass is 9.84. The van der Waals surface area contributed by atoms with Gasteiger partial charge in [0.1, 0.15) is 17.8 Å². The van der Waals surface area contributed by atoms with Gasteiger partial charge in [-0.05, 0) is 33.3 Å². The van der Waals surface area contributed by atoms with Crippen molar-refractivity contribution in [1.29, 1.82) is 0 Å². The predicted octanol–water partition coefficient (Wildman–Crippen LogP) is 1.14. The minimum absolute atomic E-state index is 0.0256. The van der Waals surface area contributed by atoms with Gasteiger partial charge in [0.05, 0.1) is 12.2 Å². The van der Waals surface area contributed by atoms with Crippen LogP contribution in [0, 0.1) is 0 Å². The van der Waals surface area contributed by atoms with Crippen molar-refractivity contribution in [3.8, 4) is 0 Å². The second-order valence-corrected chi connectivity index (χ2v) is 7.01. The second kappa shape index (κ2) is 7.55. The largest absolute Gasteiger partial charge is 0.454 e. The molecule has 3 atom stereocenters. The Morgan fingerprint density at radius 3 is 2.65 bits per heavy atom. The van der Waals surface area contributed by atoms with Crippen molar-refractivity contribution in [1.82, 2.24) is 0 Å². The van der Waals surface area contributed by atoms with Crippen molar-refractivity contribution in [3.05, 3.63) is 34.9 Å². The Labute approximate surface area is 152 Å². The number of allylic oxidation sites excluding steroid dienone is 1. The lowest BCUT2D eigenvalue weighted by molar-refractivity contribution is -0.150. The van der Waals surface area contributed by atoms with Crippen LogP contribution in [0.2, 0.25) is 0 Å². The zero-order valence-corrected chi connectivity index (χ0v) is 15.2. The van der Waals surface area contributed by atoms with Gasteiger partial charge in [-0.3, -0.25) is 4.79 Å². The highest BCUT2D eigenvalue weighted by molar-refractivity contribution is 5.94. The van der Waals surface area contributed by atoms with E-state index in [0.717, 1.165) is 5.57 Å². The van der Waals surface area contributed by atoms with Crippen LogP contribution in [-0.4, -0.2) is 52.4 Å². The highest BCUT2D eigenvalue weighted by Crippen LogP contribution is 2.35. The van der Waals surface area contributed by atoms with Gasteiger partial charge in [-0.1, -0.05) is 12.2 Å². The molecule has 2 rings (SSSR count). The van der Waals surface area contributed by atoms with Gasteiger partial charge in [-0.2, -0.15) is 0 Å². The Morgan fingerprint density at radius 1 is 1.42 bits per heavy atom. The van der Waals surface area contributed by atoms with Gasteiger partial charge in [-0.25, -0.2) is 9.59 Å². The molecule has 2 N–H and O–H groups in total. The molecule has 7 nitrogen and oxygen atoms in total. The number of carbonyl (C=O) groups excluding carboxylic acids is 3. The molecule has 1 aliphatic heterocycles. The minimum Gasteiger partial charge on any atom is -0.454 e. The summed E-state index contributed by atoms with van der Waals surface area (Å²) in [6.45, 7) is 7.51. The first-order valence-corrected chi connectivity index (χ1v) is 8.41. The first-order chi connectivity index (χ1) is 12.1. The fourth-order valence-electron chi connectivity index (χ4n) is 3.04. The predicted molar refractivity (Wildman–Crippen MR) is 91.9 cm³/mol. The maximum absolute atomic E-state index is 12.4. The molecule has 1 heterocycles. The van der Waals surface area contributed by atoms with E-state index in [1.807, 2.05) is 0 Å². The van der Waals surface area contributed by atoms with Crippen molar-refractivity contribution in [2.75, 3.05) is 6.61 Å². The number of fused-ring (bicyclic) bond motifs is 1. The monoisotopic (exact) mass is 364 g/mol. The standard InChI is InChI=1S/C19H24O7/c1-10(2)17(22)26-14-8-19(4,24)15(21)6-5-11(3)7-13-16(14)12(9-20)18(23)25-13/h7,13-14,20,24H,1,5-6,8-9H2,2-4H3/b11-7+/t13-,14+,19-/m1/s1. The maximum atomic E-state index is 12.4. The van der Waals surface area contributed by atoms with Crippen LogP contribution in [0.25, 0.3) is 0 Å². The molecule has 0 unspecified atom stereocenters. The summed E-state index contributed by atoms with van der Waals surface area (Å²) in [5, 5.41) is 20.2. The van der Waals surface area contributed by atoms with Gasteiger partial charge in [0, 0.05) is 24.0 Å². The second-order valence-electron chi connectivity index (χ2n) is 7.01. The molecule has 0 aromatic carbocycles. The van der Waals surface area contributed by atoms with E-state index in [9.17, 15) is 24.6 Å². The van der Waals surface area contributed by atoms with E-state index < -0.39 is 42.1 Å². The molecule has 0 radical (unpaired) electrons. The average molecular weight is 364 g/mol. The Hall–Kier alpha value is -2.25. The smallest absolute Gasteiger partial charge is 0.337 e. The van der Waals surface area contributed by atoms with Crippen LogP contribution in [-0.2, 0) is 23.9 Å². The van der Waals surface area contributed by atoms with Crippen LogP contribution in [0.15, 0.2) is 34.9 Å². The number of rotatable bonds is 3. The number of hydrogen-bond donors (Lipinski definition) is 2. The van der Waals surface area contributed by atoms with Crippen molar-refractivity contribution >= 4 is 17.7 Å². The molecule has 1 aliphatic carbocycles. The number of esters is 2. The molecule has 26 heavy (non-hydrogen) atoms. The first kappa shape index (κ1) is 20.1. The quantitative estimate of drug-likeness (QED) is 0.439. The number of hydrogen-bond acceptors (Lipinski definition) is 7. The molecular formula is C19H24O7. The molecule has 7 heteroatoms. The number of carbonyl (C=O) groups is 3. The van der Waals surface area contributed by atoms with E-state index in [1.165, 1.54) is 13.8 Å². The summed E-state index contributed by atoms with van der Waals surface area (Å²) in [7, 11) is 0. The summed E-state index contributed by atoms with van der Waals surface area (Å²) >= 11 is 0. The summed E-state index contributed by atoms with van der Waals surface area (Å²) in [4.78, 5) is 36.6. The van der Waals surface area contributed by atoms with Crippen molar-refractivity contribution in [2.24, 2.45) is 0 Å². The van der Waals surface area contributed by atoms with Crippen LogP contribution >= 0.6 is 0 Å². The Bertz CT molecular complexity index is 711. The van der Waals surface area contributed by atoms with E-state index in [4.69, 9.17) is 9.47 Å². The fraction of sp³-hybridized carbons (Fsp3) is 0.526. The minimum atomic E-state index is -1.76. The van der Waals surface area contributed by atoms with Gasteiger partial charge in [-0.15, -0.1) is 0 Å². The van der Waals surface area contributed by atoms with Crippen molar-refractivity contribution in [2.45, 2.75) is 57.8 Å². The number of aliphatic hydroxyl groups excluding tert-OH is 1. The van der Waals surface area contributed by atoms with Crippen LogP contribution in [0.4, 0.5) is 0 Å². The van der Waals surface area contributed by atoms with Crippen molar-refractivity contribution in [3.63, 3.8) is 0 Å². The molecule has 2 aliphatic rings. The van der Waals surface area contributed by atoms with E-state index >= 15 is 0 Å². The van der Waals surface area contributed by atoms with Crippen LogP contribution in [0.3, 0.4) is 0 Å². The molecule has 0 saturated carbocycles. The third-order valence-corrected chi connectivity index (χ3v) is 4.60. The average Bonchev–Trinajstić information content (AvgIpc) is 2.85. The number of aliphatic hydroxyl groups is 2. The first-order valence-electron chi connectivity index (χ1n) is 8.41. The topological polar surface area (TPSA) is 110 Å². The molecule has 0 bridgehead atoms. The third-order valence-electron chi connectivity index (χ3n) is 4.60. The van der Waals surface area contributed by atoms with E-state index in [1.54, 1.807) is 13.0 Å². The zero-order valence-electron chi connectivity index (χ0n) is 15.2. The SMILES string of the molecule is C=C(C)C(=O)O[C@H]1C[C@@](C)(O)C(=O)CC/C(C)=C/[C@H]2OC(=O)C(CO)=C12. The number of Topliss-reactive ketones (excluding diaryl/α,β-unsaturated/α-hetero) is 1. The summed E-state index contributed by atoms with van der Waals surface area (Å²) in [6, 6.07) is 0. The number of ketones is 1. The lowest BCUT2D eigenvalue weighted by Gasteiger charge is -2.30. The molecular weight excluding hydrogens is 340 g/mol. The van der Waals surface area contributed by atoms with Gasteiger partial charge in [0.2, 0.25) is 0 Å². The normalized spacial score (nSPS) is 31.7. The molecule has 0 amide bonds. The maximum Gasteiger partial charge on any atom is 0.337 e. The highest BCUT2D eigenvalue weighted by atomic mass is 16.6. The van der Waals surface area contributed by atoms with E-state index in [2.05, 4.69) is 6.58 Å². The van der Waals surface area contributed by atoms with Crippen LogP contribution in [0.1, 0.15) is 40.0 Å².